The second kappa shape index (κ2) is 8.16. The van der Waals surface area contributed by atoms with Crippen molar-refractivity contribution >= 4 is 5.97 Å². The maximum Gasteiger partial charge on any atom is 0.347 e. The molecule has 2 atom stereocenters. The van der Waals surface area contributed by atoms with Gasteiger partial charge in [0.15, 0.2) is 0 Å². The Hall–Kier alpha value is -2.17. The predicted octanol–water partition coefficient (Wildman–Crippen LogP) is 4.22. The number of esters is 1. The SMILES string of the molecule is O=C(OC1CC2CCC(C1)[N+]21CCCC1)C(O)(c1ccccc1)c1ccccc1.[CH3-]. The minimum Gasteiger partial charge on any atom is -0.459 e. The number of quaternary nitrogens is 1. The Kier molecular flexibility index (Phi) is 5.73. The molecule has 3 heterocycles. The van der Waals surface area contributed by atoms with Crippen molar-refractivity contribution in [1.29, 1.82) is 0 Å². The summed E-state index contributed by atoms with van der Waals surface area (Å²) in [6.07, 6.45) is 6.94. The maximum atomic E-state index is 13.4. The standard InChI is InChI=1S/C25H30NO3.CH3/c27-24(25(28,19-9-3-1-4-10-19)20-11-5-2-6-12-20)29-23-17-21-13-14-22(18-23)26(21)15-7-8-16-26;/h1-6,9-12,21-23,28H,7-8,13-18H2;1H3/q+1;-1. The van der Waals surface area contributed by atoms with E-state index in [2.05, 4.69) is 0 Å². The summed E-state index contributed by atoms with van der Waals surface area (Å²) in [6, 6.07) is 19.6. The van der Waals surface area contributed by atoms with Crippen LogP contribution in [-0.2, 0) is 15.1 Å². The summed E-state index contributed by atoms with van der Waals surface area (Å²) in [5, 5.41) is 11.6. The number of piperidine rings is 1. The lowest BCUT2D eigenvalue weighted by Crippen LogP contribution is -2.60. The predicted molar refractivity (Wildman–Crippen MR) is 117 cm³/mol. The van der Waals surface area contributed by atoms with Gasteiger partial charge in [-0.25, -0.2) is 4.79 Å². The molecule has 3 fully saturated rings. The molecule has 30 heavy (non-hydrogen) atoms. The zero-order valence-electron chi connectivity index (χ0n) is 17.9. The van der Waals surface area contributed by atoms with Crippen molar-refractivity contribution in [3.8, 4) is 0 Å². The molecule has 3 aliphatic rings. The maximum absolute atomic E-state index is 13.4. The van der Waals surface area contributed by atoms with Crippen LogP contribution in [0.3, 0.4) is 0 Å². The van der Waals surface area contributed by atoms with Crippen LogP contribution in [0.15, 0.2) is 60.7 Å². The second-order valence-electron chi connectivity index (χ2n) is 9.08. The quantitative estimate of drug-likeness (QED) is 0.469. The van der Waals surface area contributed by atoms with E-state index >= 15 is 0 Å². The van der Waals surface area contributed by atoms with E-state index in [1.165, 1.54) is 43.3 Å². The lowest BCUT2D eigenvalue weighted by atomic mass is 9.86. The molecule has 4 nitrogen and oxygen atoms in total. The van der Waals surface area contributed by atoms with Crippen molar-refractivity contribution in [3.05, 3.63) is 79.2 Å². The molecule has 0 amide bonds. The molecule has 3 saturated heterocycles. The van der Waals surface area contributed by atoms with Crippen LogP contribution >= 0.6 is 0 Å². The largest absolute Gasteiger partial charge is 0.459 e. The minimum absolute atomic E-state index is 0. The van der Waals surface area contributed by atoms with Gasteiger partial charge >= 0.3 is 5.97 Å². The first-order valence-electron chi connectivity index (χ1n) is 11.0. The summed E-state index contributed by atoms with van der Waals surface area (Å²) in [5.74, 6) is -0.547. The van der Waals surface area contributed by atoms with Crippen molar-refractivity contribution in [3.63, 3.8) is 0 Å². The number of carbonyl (C=O) groups is 1. The third kappa shape index (κ3) is 3.27. The fourth-order valence-corrected chi connectivity index (χ4v) is 6.30. The van der Waals surface area contributed by atoms with Crippen LogP contribution in [-0.4, -0.2) is 46.8 Å². The molecular formula is C26H33NO3. The summed E-state index contributed by atoms with van der Waals surface area (Å²) < 4.78 is 7.32. The number of hydrogen-bond acceptors (Lipinski definition) is 3. The first-order chi connectivity index (χ1) is 14.1. The summed E-state index contributed by atoms with van der Waals surface area (Å²) in [7, 11) is 0. The Labute approximate surface area is 180 Å². The summed E-state index contributed by atoms with van der Waals surface area (Å²) in [5.41, 5.74) is -0.671. The number of aliphatic hydroxyl groups is 1. The fourth-order valence-electron chi connectivity index (χ4n) is 6.30. The number of hydrogen-bond donors (Lipinski definition) is 1. The van der Waals surface area contributed by atoms with Gasteiger partial charge in [0, 0.05) is 38.5 Å². The van der Waals surface area contributed by atoms with Gasteiger partial charge in [0.25, 0.3) is 0 Å². The van der Waals surface area contributed by atoms with Crippen molar-refractivity contribution in [1.82, 2.24) is 0 Å². The van der Waals surface area contributed by atoms with Crippen LogP contribution in [0.25, 0.3) is 0 Å². The third-order valence-corrected chi connectivity index (χ3v) is 7.71. The van der Waals surface area contributed by atoms with Crippen LogP contribution < -0.4 is 0 Å². The Morgan fingerprint density at radius 1 is 0.867 bits per heavy atom. The molecule has 0 saturated carbocycles. The van der Waals surface area contributed by atoms with Gasteiger partial charge in [0.2, 0.25) is 5.60 Å². The van der Waals surface area contributed by atoms with Crippen LogP contribution in [0.2, 0.25) is 0 Å². The highest BCUT2D eigenvalue weighted by molar-refractivity contribution is 5.85. The zero-order chi connectivity index (χ0) is 19.9. The molecular weight excluding hydrogens is 374 g/mol. The van der Waals surface area contributed by atoms with E-state index in [1.54, 1.807) is 24.3 Å². The fraction of sp³-hybridized carbons (Fsp3) is 0.462. The molecule has 5 rings (SSSR count). The highest BCUT2D eigenvalue weighted by Crippen LogP contribution is 2.46. The second-order valence-corrected chi connectivity index (χ2v) is 9.08. The summed E-state index contributed by atoms with van der Waals surface area (Å²) in [4.78, 5) is 13.4. The highest BCUT2D eigenvalue weighted by Gasteiger charge is 2.56. The number of rotatable bonds is 4. The monoisotopic (exact) mass is 407 g/mol. The zero-order valence-corrected chi connectivity index (χ0v) is 17.9. The van der Waals surface area contributed by atoms with Gasteiger partial charge < -0.3 is 21.8 Å². The van der Waals surface area contributed by atoms with E-state index in [0.717, 1.165) is 12.8 Å². The van der Waals surface area contributed by atoms with Crippen LogP contribution in [0, 0.1) is 7.43 Å². The average Bonchev–Trinajstić information content (AvgIpc) is 3.31. The lowest BCUT2D eigenvalue weighted by molar-refractivity contribution is -0.956. The molecule has 1 N–H and O–H groups in total. The lowest BCUT2D eigenvalue weighted by Gasteiger charge is -2.47. The molecule has 2 aromatic rings. The number of benzene rings is 2. The van der Waals surface area contributed by atoms with E-state index < -0.39 is 11.6 Å². The van der Waals surface area contributed by atoms with E-state index in [0.29, 0.717) is 23.2 Å². The van der Waals surface area contributed by atoms with Crippen LogP contribution in [0.4, 0.5) is 0 Å². The van der Waals surface area contributed by atoms with E-state index in [1.807, 2.05) is 36.4 Å². The number of nitrogens with zero attached hydrogens (tertiary/aromatic N) is 1. The highest BCUT2D eigenvalue weighted by atomic mass is 16.6. The Bertz CT molecular complexity index is 805. The first-order valence-corrected chi connectivity index (χ1v) is 11.0. The van der Waals surface area contributed by atoms with Gasteiger partial charge in [-0.3, -0.25) is 0 Å². The molecule has 2 unspecified atom stereocenters. The molecule has 160 valence electrons. The normalized spacial score (nSPS) is 26.9. The smallest absolute Gasteiger partial charge is 0.347 e. The van der Waals surface area contributed by atoms with E-state index in [9.17, 15) is 9.90 Å². The Morgan fingerprint density at radius 3 is 1.80 bits per heavy atom. The third-order valence-electron chi connectivity index (χ3n) is 7.71. The van der Waals surface area contributed by atoms with E-state index in [4.69, 9.17) is 4.74 Å². The molecule has 0 radical (unpaired) electrons. The topological polar surface area (TPSA) is 46.5 Å². The molecule has 1 spiro atoms. The van der Waals surface area contributed by atoms with Crippen molar-refractivity contribution in [2.75, 3.05) is 13.1 Å². The van der Waals surface area contributed by atoms with Crippen LogP contribution in [0.1, 0.15) is 49.7 Å². The molecule has 2 aromatic carbocycles. The van der Waals surface area contributed by atoms with Crippen molar-refractivity contribution in [2.24, 2.45) is 0 Å². The van der Waals surface area contributed by atoms with Gasteiger partial charge in [0.1, 0.15) is 6.10 Å². The number of carbonyl (C=O) groups excluding carboxylic acids is 1. The van der Waals surface area contributed by atoms with Gasteiger partial charge in [-0.15, -0.1) is 0 Å². The number of ether oxygens (including phenoxy) is 1. The summed E-state index contributed by atoms with van der Waals surface area (Å²) >= 11 is 0. The molecule has 4 heteroatoms. The molecule has 3 aliphatic heterocycles. The van der Waals surface area contributed by atoms with Crippen molar-refractivity contribution in [2.45, 2.75) is 62.3 Å². The van der Waals surface area contributed by atoms with Gasteiger partial charge in [-0.05, 0) is 11.1 Å². The van der Waals surface area contributed by atoms with E-state index in [-0.39, 0.29) is 13.5 Å². The molecule has 2 bridgehead atoms. The first kappa shape index (κ1) is 21.1. The van der Waals surface area contributed by atoms with Gasteiger partial charge in [-0.2, -0.15) is 0 Å². The van der Waals surface area contributed by atoms with Crippen LogP contribution in [0.5, 0.6) is 0 Å². The average molecular weight is 408 g/mol. The van der Waals surface area contributed by atoms with Gasteiger partial charge in [0.05, 0.1) is 25.2 Å². The Morgan fingerprint density at radius 2 is 1.33 bits per heavy atom. The minimum atomic E-state index is -1.78. The molecule has 0 aliphatic carbocycles. The van der Waals surface area contributed by atoms with Gasteiger partial charge in [-0.1, -0.05) is 60.7 Å². The summed E-state index contributed by atoms with van der Waals surface area (Å²) in [6.45, 7) is 2.60. The Balaban J connectivity index is 0.00000218. The van der Waals surface area contributed by atoms with Crippen molar-refractivity contribution < 1.29 is 19.1 Å². The molecule has 0 aromatic heterocycles.